The fourth-order valence-corrected chi connectivity index (χ4v) is 3.01. The Morgan fingerprint density at radius 3 is 2.36 bits per heavy atom. The largest absolute Gasteiger partial charge is 0.493 e. The topological polar surface area (TPSA) is 56.8 Å². The zero-order chi connectivity index (χ0) is 18.4. The first-order chi connectivity index (χ1) is 12.0. The second-order valence-corrected chi connectivity index (χ2v) is 6.45. The van der Waals surface area contributed by atoms with Crippen LogP contribution >= 0.6 is 22.6 Å². The monoisotopic (exact) mass is 453 g/mol. The third-order valence-electron chi connectivity index (χ3n) is 3.60. The minimum absolute atomic E-state index is 0.221. The van der Waals surface area contributed by atoms with Gasteiger partial charge in [-0.1, -0.05) is 0 Å². The number of hydrogen-bond donors (Lipinski definition) is 1. The zero-order valence-corrected chi connectivity index (χ0v) is 16.7. The van der Waals surface area contributed by atoms with Crippen LogP contribution in [0.5, 0.6) is 17.2 Å². The number of aryl methyl sites for hydroxylation is 1. The van der Waals surface area contributed by atoms with Crippen LogP contribution in [0.1, 0.15) is 11.1 Å². The molecule has 0 atom stereocenters. The predicted molar refractivity (Wildman–Crippen MR) is 108 cm³/mol. The van der Waals surface area contributed by atoms with Gasteiger partial charge in [-0.3, -0.25) is 4.79 Å². The fourth-order valence-electron chi connectivity index (χ4n) is 2.36. The number of carbonyl (C=O) groups is 1. The Hall–Kier alpha value is -2.22. The van der Waals surface area contributed by atoms with Crippen molar-refractivity contribution in [2.24, 2.45) is 0 Å². The Balaban J connectivity index is 2.22. The number of methoxy groups -OCH3 is 3. The lowest BCUT2D eigenvalue weighted by Crippen LogP contribution is -2.09. The molecule has 0 aromatic heterocycles. The highest BCUT2D eigenvalue weighted by molar-refractivity contribution is 14.1. The predicted octanol–water partition coefficient (Wildman–Crippen LogP) is 4.28. The van der Waals surface area contributed by atoms with E-state index in [0.717, 1.165) is 20.4 Å². The third-order valence-corrected chi connectivity index (χ3v) is 4.27. The first-order valence-electron chi connectivity index (χ1n) is 7.54. The number of halogens is 1. The summed E-state index contributed by atoms with van der Waals surface area (Å²) in [7, 11) is 4.65. The Kier molecular flexibility index (Phi) is 6.69. The molecule has 0 unspecified atom stereocenters. The molecule has 0 fully saturated rings. The highest BCUT2D eigenvalue weighted by atomic mass is 127. The van der Waals surface area contributed by atoms with Gasteiger partial charge in [-0.15, -0.1) is 0 Å². The van der Waals surface area contributed by atoms with Gasteiger partial charge in [0.2, 0.25) is 11.7 Å². The van der Waals surface area contributed by atoms with Crippen molar-refractivity contribution in [2.45, 2.75) is 6.92 Å². The lowest BCUT2D eigenvalue weighted by atomic mass is 10.1. The number of rotatable bonds is 6. The Morgan fingerprint density at radius 2 is 1.76 bits per heavy atom. The van der Waals surface area contributed by atoms with Gasteiger partial charge in [0, 0.05) is 20.9 Å². The standard InChI is InChI=1S/C19H20INO4/c1-12-11-14(20)7-8-15(12)21-17(22)10-6-13-5-9-16(23-2)19(25-4)18(13)24-3/h5-11H,1-4H3,(H,21,22)/b10-6+. The maximum Gasteiger partial charge on any atom is 0.248 e. The van der Waals surface area contributed by atoms with Crippen molar-refractivity contribution in [2.75, 3.05) is 26.6 Å². The molecule has 2 aromatic rings. The van der Waals surface area contributed by atoms with Crippen LogP contribution in [0, 0.1) is 10.5 Å². The van der Waals surface area contributed by atoms with Gasteiger partial charge in [0.25, 0.3) is 0 Å². The molecule has 0 aliphatic rings. The Bertz CT molecular complexity index is 802. The van der Waals surface area contributed by atoms with Gasteiger partial charge < -0.3 is 19.5 Å². The van der Waals surface area contributed by atoms with Crippen molar-refractivity contribution < 1.29 is 19.0 Å². The smallest absolute Gasteiger partial charge is 0.248 e. The van der Waals surface area contributed by atoms with Gasteiger partial charge in [0.05, 0.1) is 21.3 Å². The summed E-state index contributed by atoms with van der Waals surface area (Å²) in [5.41, 5.74) is 2.52. The molecule has 0 heterocycles. The first-order valence-corrected chi connectivity index (χ1v) is 8.62. The quantitative estimate of drug-likeness (QED) is 0.524. The van der Waals surface area contributed by atoms with Crippen molar-refractivity contribution in [1.29, 1.82) is 0 Å². The van der Waals surface area contributed by atoms with Crippen LogP contribution in [0.2, 0.25) is 0 Å². The van der Waals surface area contributed by atoms with E-state index < -0.39 is 0 Å². The molecule has 5 nitrogen and oxygen atoms in total. The van der Waals surface area contributed by atoms with Crippen LogP contribution in [-0.4, -0.2) is 27.2 Å². The number of amides is 1. The summed E-state index contributed by atoms with van der Waals surface area (Å²) >= 11 is 2.24. The van der Waals surface area contributed by atoms with Gasteiger partial charge in [0.1, 0.15) is 0 Å². The van der Waals surface area contributed by atoms with Crippen molar-refractivity contribution in [3.8, 4) is 17.2 Å². The molecule has 1 N–H and O–H groups in total. The molecule has 25 heavy (non-hydrogen) atoms. The summed E-state index contributed by atoms with van der Waals surface area (Å²) in [6.07, 6.45) is 3.14. The summed E-state index contributed by atoms with van der Waals surface area (Å²) in [5.74, 6) is 1.34. The molecule has 1 amide bonds. The van der Waals surface area contributed by atoms with Gasteiger partial charge in [-0.05, 0) is 71.5 Å². The molecule has 0 aliphatic heterocycles. The lowest BCUT2D eigenvalue weighted by Gasteiger charge is -2.14. The van der Waals surface area contributed by atoms with E-state index in [1.165, 1.54) is 6.08 Å². The van der Waals surface area contributed by atoms with E-state index in [-0.39, 0.29) is 5.91 Å². The summed E-state index contributed by atoms with van der Waals surface area (Å²) in [6, 6.07) is 9.42. The maximum atomic E-state index is 12.2. The zero-order valence-electron chi connectivity index (χ0n) is 14.6. The van der Waals surface area contributed by atoms with Crippen molar-refractivity contribution in [3.63, 3.8) is 0 Å². The van der Waals surface area contributed by atoms with Gasteiger partial charge in [0.15, 0.2) is 11.5 Å². The summed E-state index contributed by atoms with van der Waals surface area (Å²) in [4.78, 5) is 12.2. The second-order valence-electron chi connectivity index (χ2n) is 5.21. The number of hydrogen-bond acceptors (Lipinski definition) is 4. The third kappa shape index (κ3) is 4.66. The Morgan fingerprint density at radius 1 is 1.04 bits per heavy atom. The lowest BCUT2D eigenvalue weighted by molar-refractivity contribution is -0.111. The molecule has 2 rings (SSSR count). The molecule has 0 saturated carbocycles. The second kappa shape index (κ2) is 8.75. The number of carbonyl (C=O) groups excluding carboxylic acids is 1. The normalized spacial score (nSPS) is 10.6. The van der Waals surface area contributed by atoms with Crippen LogP contribution in [-0.2, 0) is 4.79 Å². The average molecular weight is 453 g/mol. The van der Waals surface area contributed by atoms with E-state index in [9.17, 15) is 4.79 Å². The molecular weight excluding hydrogens is 433 g/mol. The van der Waals surface area contributed by atoms with Crippen LogP contribution in [0.4, 0.5) is 5.69 Å². The van der Waals surface area contributed by atoms with Crippen LogP contribution in [0.25, 0.3) is 6.08 Å². The number of ether oxygens (including phenoxy) is 3. The molecule has 0 aliphatic carbocycles. The van der Waals surface area contributed by atoms with Crippen molar-refractivity contribution >= 4 is 40.3 Å². The fraction of sp³-hybridized carbons (Fsp3) is 0.211. The van der Waals surface area contributed by atoms with Crippen LogP contribution in [0.15, 0.2) is 36.4 Å². The molecule has 0 bridgehead atoms. The molecule has 0 spiro atoms. The highest BCUT2D eigenvalue weighted by Crippen LogP contribution is 2.40. The van der Waals surface area contributed by atoms with Crippen LogP contribution in [0.3, 0.4) is 0 Å². The molecule has 0 radical (unpaired) electrons. The van der Waals surface area contributed by atoms with Crippen molar-refractivity contribution in [1.82, 2.24) is 0 Å². The minimum Gasteiger partial charge on any atom is -0.493 e. The summed E-state index contributed by atoms with van der Waals surface area (Å²) < 4.78 is 17.1. The number of nitrogens with one attached hydrogen (secondary N) is 1. The van der Waals surface area contributed by atoms with E-state index >= 15 is 0 Å². The van der Waals surface area contributed by atoms with Crippen LogP contribution < -0.4 is 19.5 Å². The van der Waals surface area contributed by atoms with E-state index in [2.05, 4.69) is 27.9 Å². The first kappa shape index (κ1) is 19.1. The molecular formula is C19H20INO4. The van der Waals surface area contributed by atoms with E-state index in [4.69, 9.17) is 14.2 Å². The van der Waals surface area contributed by atoms with Crippen molar-refractivity contribution in [3.05, 3.63) is 51.1 Å². The number of benzene rings is 2. The van der Waals surface area contributed by atoms with Gasteiger partial charge in [-0.25, -0.2) is 0 Å². The van der Waals surface area contributed by atoms with E-state index in [1.807, 2.05) is 25.1 Å². The molecule has 2 aromatic carbocycles. The highest BCUT2D eigenvalue weighted by Gasteiger charge is 2.14. The summed E-state index contributed by atoms with van der Waals surface area (Å²) in [5, 5.41) is 2.87. The molecule has 132 valence electrons. The average Bonchev–Trinajstić information content (AvgIpc) is 2.61. The summed E-state index contributed by atoms with van der Waals surface area (Å²) in [6.45, 7) is 1.96. The Labute approximate surface area is 161 Å². The van der Waals surface area contributed by atoms with Gasteiger partial charge in [-0.2, -0.15) is 0 Å². The van der Waals surface area contributed by atoms with E-state index in [1.54, 1.807) is 39.5 Å². The SMILES string of the molecule is COc1ccc(/C=C/C(=O)Nc2ccc(I)cc2C)c(OC)c1OC. The number of anilines is 1. The van der Waals surface area contributed by atoms with E-state index in [0.29, 0.717) is 17.2 Å². The minimum atomic E-state index is -0.221. The maximum absolute atomic E-state index is 12.2. The molecule has 6 heteroatoms. The van der Waals surface area contributed by atoms with Gasteiger partial charge >= 0.3 is 0 Å². The molecule has 0 saturated heterocycles.